The Kier molecular flexibility index (Phi) is 7.30. The smallest absolute Gasteiger partial charge is 0.239 e. The summed E-state index contributed by atoms with van der Waals surface area (Å²) in [7, 11) is 0. The quantitative estimate of drug-likeness (QED) is 0.872. The molecule has 19 heavy (non-hydrogen) atoms. The number of halogens is 1. The highest BCUT2D eigenvalue weighted by Crippen LogP contribution is 2.11. The molecule has 1 unspecified atom stereocenters. The molecular weight excluding hydrogens is 264 g/mol. The minimum absolute atomic E-state index is 0. The number of amides is 1. The van der Waals surface area contributed by atoms with Gasteiger partial charge in [0, 0.05) is 18.8 Å². The third kappa shape index (κ3) is 5.94. The molecule has 5 heteroatoms. The number of hydrogen-bond donors (Lipinski definition) is 2. The van der Waals surface area contributed by atoms with Gasteiger partial charge >= 0.3 is 0 Å². The van der Waals surface area contributed by atoms with E-state index in [1.54, 1.807) is 0 Å². The van der Waals surface area contributed by atoms with Crippen LogP contribution >= 0.6 is 12.4 Å². The molecule has 106 valence electrons. The minimum atomic E-state index is 0. The summed E-state index contributed by atoms with van der Waals surface area (Å²) in [4.78, 5) is 11.6. The molecule has 0 saturated carbocycles. The average Bonchev–Trinajstić information content (AvgIpc) is 2.45. The number of hydrogen-bond acceptors (Lipinski definition) is 3. The van der Waals surface area contributed by atoms with Gasteiger partial charge in [-0.2, -0.15) is 0 Å². The molecule has 0 spiro atoms. The lowest BCUT2D eigenvalue weighted by molar-refractivity contribution is -0.120. The highest BCUT2D eigenvalue weighted by molar-refractivity contribution is 5.85. The fourth-order valence-corrected chi connectivity index (χ4v) is 2.00. The Balaban J connectivity index is 0.00000180. The van der Waals surface area contributed by atoms with Crippen LogP contribution in [0.5, 0.6) is 0 Å². The Morgan fingerprint density at radius 2 is 2.05 bits per heavy atom. The summed E-state index contributed by atoms with van der Waals surface area (Å²) in [6, 6.07) is 9.72. The zero-order valence-electron chi connectivity index (χ0n) is 10.9. The number of carbonyl (C=O) groups is 1. The summed E-state index contributed by atoms with van der Waals surface area (Å²) in [5.41, 5.74) is 0.960. The number of ether oxygens (including phenoxy) is 1. The highest BCUT2D eigenvalue weighted by atomic mass is 35.5. The summed E-state index contributed by atoms with van der Waals surface area (Å²) >= 11 is 0. The van der Waals surface area contributed by atoms with E-state index in [0.29, 0.717) is 13.1 Å². The fraction of sp³-hybridized carbons (Fsp3) is 0.500. The second-order valence-corrected chi connectivity index (χ2v) is 4.51. The van der Waals surface area contributed by atoms with Gasteiger partial charge in [0.2, 0.25) is 5.91 Å². The van der Waals surface area contributed by atoms with Gasteiger partial charge < -0.3 is 15.4 Å². The largest absolute Gasteiger partial charge is 0.376 e. The molecule has 0 aliphatic carbocycles. The van der Waals surface area contributed by atoms with Crippen molar-refractivity contribution < 1.29 is 9.53 Å². The van der Waals surface area contributed by atoms with E-state index in [-0.39, 0.29) is 24.4 Å². The van der Waals surface area contributed by atoms with Crippen molar-refractivity contribution in [3.63, 3.8) is 0 Å². The van der Waals surface area contributed by atoms with Crippen LogP contribution in [0.15, 0.2) is 30.3 Å². The molecule has 1 saturated heterocycles. The van der Waals surface area contributed by atoms with E-state index in [4.69, 9.17) is 4.74 Å². The van der Waals surface area contributed by atoms with E-state index in [1.807, 2.05) is 30.3 Å². The standard InChI is InChI=1S/C14H20N2O2.ClH/c17-14(11-15-12-6-2-1-3-7-12)16-10-13-8-4-5-9-18-13;/h1-3,6-7,13,15H,4-5,8-11H2,(H,16,17);1H. The molecule has 1 aromatic rings. The molecular formula is C14H21ClN2O2. The summed E-state index contributed by atoms with van der Waals surface area (Å²) in [6.07, 6.45) is 3.58. The number of nitrogens with one attached hydrogen (secondary N) is 2. The molecule has 1 aliphatic rings. The Hall–Kier alpha value is -1.26. The predicted molar refractivity (Wildman–Crippen MR) is 78.8 cm³/mol. The van der Waals surface area contributed by atoms with Gasteiger partial charge in [-0.1, -0.05) is 18.2 Å². The third-order valence-electron chi connectivity index (χ3n) is 3.03. The SMILES string of the molecule is Cl.O=C(CNc1ccccc1)NCC1CCCCO1. The van der Waals surface area contributed by atoms with Crippen LogP contribution in [0.3, 0.4) is 0 Å². The molecule has 1 amide bonds. The summed E-state index contributed by atoms with van der Waals surface area (Å²) in [5, 5.41) is 5.98. The maximum Gasteiger partial charge on any atom is 0.239 e. The first-order valence-corrected chi connectivity index (χ1v) is 6.52. The maximum atomic E-state index is 11.6. The molecule has 1 atom stereocenters. The van der Waals surface area contributed by atoms with Gasteiger partial charge in [0.15, 0.2) is 0 Å². The van der Waals surface area contributed by atoms with Crippen LogP contribution in [0.25, 0.3) is 0 Å². The van der Waals surface area contributed by atoms with Crippen LogP contribution in [-0.2, 0) is 9.53 Å². The van der Waals surface area contributed by atoms with E-state index in [1.165, 1.54) is 6.42 Å². The molecule has 4 nitrogen and oxygen atoms in total. The van der Waals surface area contributed by atoms with Crippen LogP contribution in [0.1, 0.15) is 19.3 Å². The molecule has 0 radical (unpaired) electrons. The molecule has 1 heterocycles. The van der Waals surface area contributed by atoms with E-state index < -0.39 is 0 Å². The zero-order valence-corrected chi connectivity index (χ0v) is 11.7. The van der Waals surface area contributed by atoms with Gasteiger partial charge in [-0.3, -0.25) is 4.79 Å². The highest BCUT2D eigenvalue weighted by Gasteiger charge is 2.14. The fourth-order valence-electron chi connectivity index (χ4n) is 2.00. The van der Waals surface area contributed by atoms with E-state index in [2.05, 4.69) is 10.6 Å². The summed E-state index contributed by atoms with van der Waals surface area (Å²) < 4.78 is 5.56. The molecule has 2 rings (SSSR count). The number of anilines is 1. The van der Waals surface area contributed by atoms with Gasteiger partial charge in [0.1, 0.15) is 0 Å². The number of rotatable bonds is 5. The van der Waals surface area contributed by atoms with Gasteiger partial charge in [0.05, 0.1) is 12.6 Å². The van der Waals surface area contributed by atoms with Crippen molar-refractivity contribution in [1.29, 1.82) is 0 Å². The van der Waals surface area contributed by atoms with Crippen molar-refractivity contribution in [1.82, 2.24) is 5.32 Å². The Bertz CT molecular complexity index is 367. The Morgan fingerprint density at radius 1 is 1.26 bits per heavy atom. The lowest BCUT2D eigenvalue weighted by Gasteiger charge is -2.22. The minimum Gasteiger partial charge on any atom is -0.376 e. The van der Waals surface area contributed by atoms with Gasteiger partial charge in [0.25, 0.3) is 0 Å². The summed E-state index contributed by atoms with van der Waals surface area (Å²) in [5.74, 6) is 0.00743. The molecule has 1 fully saturated rings. The first kappa shape index (κ1) is 15.8. The predicted octanol–water partition coefficient (Wildman–Crippen LogP) is 2.21. The first-order valence-electron chi connectivity index (χ1n) is 6.52. The first-order chi connectivity index (χ1) is 8.84. The van der Waals surface area contributed by atoms with Gasteiger partial charge in [-0.15, -0.1) is 12.4 Å². The van der Waals surface area contributed by atoms with Crippen LogP contribution in [0.4, 0.5) is 5.69 Å². The van der Waals surface area contributed by atoms with Crippen molar-refractivity contribution in [3.05, 3.63) is 30.3 Å². The Morgan fingerprint density at radius 3 is 2.74 bits per heavy atom. The van der Waals surface area contributed by atoms with Crippen LogP contribution in [0, 0.1) is 0 Å². The number of para-hydroxylation sites is 1. The van der Waals surface area contributed by atoms with Crippen LogP contribution in [-0.4, -0.2) is 31.7 Å². The van der Waals surface area contributed by atoms with E-state index in [9.17, 15) is 4.79 Å². The van der Waals surface area contributed by atoms with E-state index >= 15 is 0 Å². The molecule has 2 N–H and O–H groups in total. The van der Waals surface area contributed by atoms with Gasteiger partial charge in [-0.25, -0.2) is 0 Å². The molecule has 1 aromatic carbocycles. The lowest BCUT2D eigenvalue weighted by atomic mass is 10.1. The molecule has 0 aromatic heterocycles. The van der Waals surface area contributed by atoms with Crippen molar-refractivity contribution in [3.8, 4) is 0 Å². The lowest BCUT2D eigenvalue weighted by Crippen LogP contribution is -2.38. The average molecular weight is 285 g/mol. The van der Waals surface area contributed by atoms with Crippen molar-refractivity contribution in [2.24, 2.45) is 0 Å². The van der Waals surface area contributed by atoms with Crippen LogP contribution < -0.4 is 10.6 Å². The third-order valence-corrected chi connectivity index (χ3v) is 3.03. The van der Waals surface area contributed by atoms with Crippen molar-refractivity contribution >= 4 is 24.0 Å². The molecule has 1 aliphatic heterocycles. The zero-order chi connectivity index (χ0) is 12.6. The number of carbonyl (C=O) groups excluding carboxylic acids is 1. The van der Waals surface area contributed by atoms with E-state index in [0.717, 1.165) is 25.1 Å². The monoisotopic (exact) mass is 284 g/mol. The number of benzene rings is 1. The van der Waals surface area contributed by atoms with Crippen molar-refractivity contribution in [2.45, 2.75) is 25.4 Å². The maximum absolute atomic E-state index is 11.6. The topological polar surface area (TPSA) is 50.4 Å². The Labute approximate surface area is 120 Å². The molecule has 0 bridgehead atoms. The second kappa shape index (κ2) is 8.77. The summed E-state index contributed by atoms with van der Waals surface area (Å²) in [6.45, 7) is 1.74. The van der Waals surface area contributed by atoms with Crippen molar-refractivity contribution in [2.75, 3.05) is 25.0 Å². The van der Waals surface area contributed by atoms with Crippen LogP contribution in [0.2, 0.25) is 0 Å². The second-order valence-electron chi connectivity index (χ2n) is 4.51. The van der Waals surface area contributed by atoms with Gasteiger partial charge in [-0.05, 0) is 31.4 Å². The normalized spacial score (nSPS) is 18.2.